The van der Waals surface area contributed by atoms with Crippen molar-refractivity contribution in [2.75, 3.05) is 66.4 Å². The standard InChI is InChI=1S/C37H73NO7/c1-5-7-9-11-13-15-17-19-21-23-28-43-33-36(44-29-24-22-20-18-16-14-12-10-8-6-2)34-45-37(40)25-26-38(35(3)39)27-30-42-32-31-41-4/h36H,5-34H2,1-4H3. The molecule has 0 radical (unpaired) electrons. The van der Waals surface area contributed by atoms with Crippen molar-refractivity contribution in [3.8, 4) is 0 Å². The predicted octanol–water partition coefficient (Wildman–Crippen LogP) is 8.67. The zero-order valence-corrected chi connectivity index (χ0v) is 30.1. The average Bonchev–Trinajstić information content (AvgIpc) is 3.03. The number of carbonyl (C=O) groups is 2. The number of nitrogens with zero attached hydrogens (tertiary/aromatic N) is 1. The summed E-state index contributed by atoms with van der Waals surface area (Å²) in [4.78, 5) is 26.1. The highest BCUT2D eigenvalue weighted by atomic mass is 16.6. The highest BCUT2D eigenvalue weighted by Crippen LogP contribution is 2.12. The van der Waals surface area contributed by atoms with E-state index in [0.717, 1.165) is 19.3 Å². The lowest BCUT2D eigenvalue weighted by Crippen LogP contribution is -2.35. The molecule has 1 atom stereocenters. The lowest BCUT2D eigenvalue weighted by molar-refractivity contribution is -0.150. The van der Waals surface area contributed by atoms with Gasteiger partial charge >= 0.3 is 5.97 Å². The van der Waals surface area contributed by atoms with Gasteiger partial charge in [0, 0.05) is 40.3 Å². The maximum Gasteiger partial charge on any atom is 0.307 e. The summed E-state index contributed by atoms with van der Waals surface area (Å²) in [6.45, 7) is 10.1. The molecular weight excluding hydrogens is 570 g/mol. The molecule has 0 aromatic carbocycles. The van der Waals surface area contributed by atoms with Crippen molar-refractivity contribution in [3.05, 3.63) is 0 Å². The number of unbranched alkanes of at least 4 members (excludes halogenated alkanes) is 18. The van der Waals surface area contributed by atoms with Crippen molar-refractivity contribution in [2.45, 2.75) is 162 Å². The van der Waals surface area contributed by atoms with Gasteiger partial charge in [0.05, 0.1) is 32.8 Å². The second kappa shape index (κ2) is 35.6. The molecule has 8 heteroatoms. The van der Waals surface area contributed by atoms with Crippen LogP contribution in [-0.2, 0) is 33.3 Å². The molecule has 0 aliphatic carbocycles. The van der Waals surface area contributed by atoms with Crippen molar-refractivity contribution < 1.29 is 33.3 Å². The number of esters is 1. The van der Waals surface area contributed by atoms with E-state index < -0.39 is 0 Å². The SMILES string of the molecule is CCCCCCCCCCCCOCC(COC(=O)CCN(CCOCCOC)C(C)=O)OCCCCCCCCCCCC. The Morgan fingerprint density at radius 3 is 1.58 bits per heavy atom. The first-order chi connectivity index (χ1) is 22.0. The third-order valence-electron chi connectivity index (χ3n) is 8.20. The molecule has 0 aromatic heterocycles. The Morgan fingerprint density at radius 2 is 1.07 bits per heavy atom. The fourth-order valence-electron chi connectivity index (χ4n) is 5.22. The second-order valence-electron chi connectivity index (χ2n) is 12.5. The Labute approximate surface area is 278 Å². The topological polar surface area (TPSA) is 83.5 Å². The third-order valence-corrected chi connectivity index (χ3v) is 8.20. The quantitative estimate of drug-likeness (QED) is 0.0499. The fraction of sp³-hybridized carbons (Fsp3) is 0.946. The monoisotopic (exact) mass is 644 g/mol. The maximum atomic E-state index is 12.5. The molecule has 0 fully saturated rings. The minimum Gasteiger partial charge on any atom is -0.463 e. The zero-order valence-electron chi connectivity index (χ0n) is 30.1. The van der Waals surface area contributed by atoms with Crippen LogP contribution in [-0.4, -0.2) is 89.3 Å². The normalized spacial score (nSPS) is 12.0. The summed E-state index contributed by atoms with van der Waals surface area (Å²) in [7, 11) is 1.62. The molecule has 8 nitrogen and oxygen atoms in total. The number of hydrogen-bond donors (Lipinski definition) is 0. The van der Waals surface area contributed by atoms with Gasteiger partial charge in [-0.1, -0.05) is 129 Å². The number of carbonyl (C=O) groups excluding carboxylic acids is 2. The first-order valence-electron chi connectivity index (χ1n) is 18.7. The van der Waals surface area contributed by atoms with Crippen LogP contribution in [0.3, 0.4) is 0 Å². The van der Waals surface area contributed by atoms with Crippen LogP contribution in [0.15, 0.2) is 0 Å². The lowest BCUT2D eigenvalue weighted by atomic mass is 10.1. The Hall–Kier alpha value is -1.22. The van der Waals surface area contributed by atoms with E-state index in [1.165, 1.54) is 116 Å². The van der Waals surface area contributed by atoms with Crippen molar-refractivity contribution >= 4 is 11.9 Å². The summed E-state index contributed by atoms with van der Waals surface area (Å²) >= 11 is 0. The van der Waals surface area contributed by atoms with Crippen LogP contribution < -0.4 is 0 Å². The van der Waals surface area contributed by atoms with Crippen LogP contribution in [0.2, 0.25) is 0 Å². The Kier molecular flexibility index (Phi) is 34.7. The predicted molar refractivity (Wildman–Crippen MR) is 185 cm³/mol. The summed E-state index contributed by atoms with van der Waals surface area (Å²) in [5, 5.41) is 0. The van der Waals surface area contributed by atoms with Gasteiger partial charge in [-0.2, -0.15) is 0 Å². The van der Waals surface area contributed by atoms with E-state index >= 15 is 0 Å². The van der Waals surface area contributed by atoms with Crippen molar-refractivity contribution in [3.63, 3.8) is 0 Å². The van der Waals surface area contributed by atoms with E-state index in [9.17, 15) is 9.59 Å². The van der Waals surface area contributed by atoms with Gasteiger partial charge in [-0.25, -0.2) is 0 Å². The number of methoxy groups -OCH3 is 1. The van der Waals surface area contributed by atoms with Crippen molar-refractivity contribution in [2.24, 2.45) is 0 Å². The average molecular weight is 644 g/mol. The van der Waals surface area contributed by atoms with E-state index in [4.69, 9.17) is 23.7 Å². The van der Waals surface area contributed by atoms with E-state index in [1.54, 1.807) is 12.0 Å². The molecule has 0 saturated heterocycles. The van der Waals surface area contributed by atoms with Crippen LogP contribution in [0.1, 0.15) is 156 Å². The van der Waals surface area contributed by atoms with E-state index in [0.29, 0.717) is 52.7 Å². The van der Waals surface area contributed by atoms with Crippen LogP contribution in [0.4, 0.5) is 0 Å². The first-order valence-corrected chi connectivity index (χ1v) is 18.7. The van der Waals surface area contributed by atoms with Crippen LogP contribution in [0, 0.1) is 0 Å². The summed E-state index contributed by atoms with van der Waals surface area (Å²) in [6, 6.07) is 0. The van der Waals surface area contributed by atoms with Gasteiger partial charge in [0.1, 0.15) is 12.7 Å². The van der Waals surface area contributed by atoms with Gasteiger partial charge < -0.3 is 28.6 Å². The molecule has 45 heavy (non-hydrogen) atoms. The van der Waals surface area contributed by atoms with Crippen LogP contribution in [0.5, 0.6) is 0 Å². The smallest absolute Gasteiger partial charge is 0.307 e. The van der Waals surface area contributed by atoms with E-state index in [-0.39, 0.29) is 31.0 Å². The van der Waals surface area contributed by atoms with Crippen molar-refractivity contribution in [1.29, 1.82) is 0 Å². The third kappa shape index (κ3) is 32.5. The second-order valence-corrected chi connectivity index (χ2v) is 12.5. The Morgan fingerprint density at radius 1 is 0.556 bits per heavy atom. The molecule has 0 aliphatic heterocycles. The van der Waals surface area contributed by atoms with Crippen LogP contribution in [0.25, 0.3) is 0 Å². The molecule has 0 N–H and O–H groups in total. The number of ether oxygens (including phenoxy) is 5. The molecule has 1 amide bonds. The Bertz CT molecular complexity index is 634. The summed E-state index contributed by atoms with van der Waals surface area (Å²) < 4.78 is 28.1. The van der Waals surface area contributed by atoms with Gasteiger partial charge in [0.15, 0.2) is 0 Å². The van der Waals surface area contributed by atoms with Gasteiger partial charge in [-0.05, 0) is 12.8 Å². The van der Waals surface area contributed by atoms with Crippen molar-refractivity contribution in [1.82, 2.24) is 4.90 Å². The molecule has 0 aromatic rings. The molecule has 0 heterocycles. The summed E-state index contributed by atoms with van der Waals surface area (Å²) in [5.74, 6) is -0.417. The minimum absolute atomic E-state index is 0.0868. The molecule has 1 unspecified atom stereocenters. The van der Waals surface area contributed by atoms with Gasteiger partial charge in [-0.15, -0.1) is 0 Å². The number of amides is 1. The van der Waals surface area contributed by atoms with Gasteiger partial charge in [-0.3, -0.25) is 9.59 Å². The molecule has 0 saturated carbocycles. The molecule has 268 valence electrons. The molecule has 0 spiro atoms. The highest BCUT2D eigenvalue weighted by molar-refractivity contribution is 5.75. The molecular formula is C37H73NO7. The molecule has 0 aliphatic rings. The zero-order chi connectivity index (χ0) is 33.1. The molecule has 0 rings (SSSR count). The van der Waals surface area contributed by atoms with Crippen LogP contribution >= 0.6 is 0 Å². The number of hydrogen-bond acceptors (Lipinski definition) is 7. The fourth-order valence-corrected chi connectivity index (χ4v) is 5.22. The lowest BCUT2D eigenvalue weighted by Gasteiger charge is -2.21. The summed E-state index contributed by atoms with van der Waals surface area (Å²) in [5.41, 5.74) is 0. The van der Waals surface area contributed by atoms with Gasteiger partial charge in [0.2, 0.25) is 5.91 Å². The first kappa shape index (κ1) is 43.8. The highest BCUT2D eigenvalue weighted by Gasteiger charge is 2.16. The number of rotatable bonds is 36. The minimum atomic E-state index is -0.330. The Balaban J connectivity index is 4.32. The van der Waals surface area contributed by atoms with Gasteiger partial charge in [0.25, 0.3) is 0 Å². The largest absolute Gasteiger partial charge is 0.463 e. The summed E-state index contributed by atoms with van der Waals surface area (Å²) in [6.07, 6.45) is 25.6. The van der Waals surface area contributed by atoms with E-state index in [2.05, 4.69) is 13.8 Å². The molecule has 0 bridgehead atoms. The maximum absolute atomic E-state index is 12.5. The van der Waals surface area contributed by atoms with E-state index in [1.807, 2.05) is 0 Å².